The second kappa shape index (κ2) is 9.82. The number of hydrogen-bond donors (Lipinski definition) is 2. The standard InChI is InChI=1S/C24H26N4O6/c1-15(29)26-12-21-14-28(24(32)34-21)19-8-4-17(5-9-19)16-2-6-18(7-3-16)27-13-20(33-23(27)31)10-11-22(25)30/h2-9,20-21H,10-14H2,1H3,(H2,25,30)(H,26,29). The molecule has 3 N–H and O–H groups in total. The Morgan fingerprint density at radius 2 is 1.35 bits per heavy atom. The first kappa shape index (κ1) is 23.1. The zero-order valence-electron chi connectivity index (χ0n) is 18.7. The van der Waals surface area contributed by atoms with Gasteiger partial charge in [0.05, 0.1) is 19.6 Å². The maximum atomic E-state index is 12.2. The second-order valence-corrected chi connectivity index (χ2v) is 8.27. The SMILES string of the molecule is CC(=O)NCC1CN(c2ccc(-c3ccc(N4CC(CCC(N)=O)OC4=O)cc3)cc2)C(=O)O1. The predicted octanol–water partition coefficient (Wildman–Crippen LogP) is 2.41. The number of cyclic esters (lactones) is 2. The minimum atomic E-state index is -0.445. The van der Waals surface area contributed by atoms with Crippen LogP contribution in [0.15, 0.2) is 48.5 Å². The Labute approximate surface area is 196 Å². The first-order valence-electron chi connectivity index (χ1n) is 11.0. The molecule has 2 aromatic rings. The van der Waals surface area contributed by atoms with Crippen molar-refractivity contribution in [2.75, 3.05) is 29.4 Å². The molecule has 0 radical (unpaired) electrons. The van der Waals surface area contributed by atoms with E-state index < -0.39 is 24.2 Å². The van der Waals surface area contributed by atoms with Crippen LogP contribution in [0.4, 0.5) is 21.0 Å². The van der Waals surface area contributed by atoms with Crippen molar-refractivity contribution in [1.29, 1.82) is 0 Å². The van der Waals surface area contributed by atoms with Crippen molar-refractivity contribution in [2.24, 2.45) is 5.73 Å². The molecule has 2 aliphatic rings. The largest absolute Gasteiger partial charge is 0.444 e. The molecule has 2 aliphatic heterocycles. The molecule has 0 aliphatic carbocycles. The zero-order valence-corrected chi connectivity index (χ0v) is 18.7. The van der Waals surface area contributed by atoms with Crippen molar-refractivity contribution in [3.63, 3.8) is 0 Å². The number of benzene rings is 2. The van der Waals surface area contributed by atoms with E-state index >= 15 is 0 Å². The second-order valence-electron chi connectivity index (χ2n) is 8.27. The van der Waals surface area contributed by atoms with E-state index in [1.165, 1.54) is 16.7 Å². The number of nitrogens with two attached hydrogens (primary N) is 1. The van der Waals surface area contributed by atoms with Gasteiger partial charge in [0.2, 0.25) is 11.8 Å². The zero-order chi connectivity index (χ0) is 24.2. The number of carbonyl (C=O) groups excluding carboxylic acids is 4. The summed E-state index contributed by atoms with van der Waals surface area (Å²) in [6.45, 7) is 2.42. The summed E-state index contributed by atoms with van der Waals surface area (Å²) in [5.74, 6) is -0.592. The van der Waals surface area contributed by atoms with E-state index in [9.17, 15) is 19.2 Å². The first-order chi connectivity index (χ1) is 16.3. The van der Waals surface area contributed by atoms with Crippen LogP contribution in [0.3, 0.4) is 0 Å². The van der Waals surface area contributed by atoms with E-state index in [1.807, 2.05) is 48.5 Å². The number of amides is 4. The van der Waals surface area contributed by atoms with Gasteiger partial charge in [0.25, 0.3) is 0 Å². The Morgan fingerprint density at radius 3 is 1.82 bits per heavy atom. The summed E-state index contributed by atoms with van der Waals surface area (Å²) >= 11 is 0. The van der Waals surface area contributed by atoms with Gasteiger partial charge in [-0.25, -0.2) is 9.59 Å². The maximum Gasteiger partial charge on any atom is 0.414 e. The number of hydrogen-bond acceptors (Lipinski definition) is 6. The van der Waals surface area contributed by atoms with Crippen molar-refractivity contribution in [3.05, 3.63) is 48.5 Å². The van der Waals surface area contributed by atoms with Crippen LogP contribution in [0.1, 0.15) is 19.8 Å². The number of nitrogens with one attached hydrogen (secondary N) is 1. The minimum absolute atomic E-state index is 0.172. The molecular weight excluding hydrogens is 440 g/mol. The number of primary amides is 1. The molecule has 10 nitrogen and oxygen atoms in total. The minimum Gasteiger partial charge on any atom is -0.444 e. The van der Waals surface area contributed by atoms with Gasteiger partial charge < -0.3 is 20.5 Å². The molecule has 10 heteroatoms. The number of anilines is 2. The Balaban J connectivity index is 1.38. The van der Waals surface area contributed by atoms with Crippen LogP contribution in [0, 0.1) is 0 Å². The first-order valence-corrected chi connectivity index (χ1v) is 11.0. The lowest BCUT2D eigenvalue weighted by molar-refractivity contribution is -0.119. The molecular formula is C24H26N4O6. The molecule has 178 valence electrons. The molecule has 0 spiro atoms. The Morgan fingerprint density at radius 1 is 0.882 bits per heavy atom. The highest BCUT2D eigenvalue weighted by atomic mass is 16.6. The number of nitrogens with zero attached hydrogens (tertiary/aromatic N) is 2. The van der Waals surface area contributed by atoms with Gasteiger partial charge in [0.15, 0.2) is 0 Å². The van der Waals surface area contributed by atoms with E-state index in [-0.39, 0.29) is 25.0 Å². The van der Waals surface area contributed by atoms with Crippen molar-refractivity contribution in [3.8, 4) is 11.1 Å². The van der Waals surface area contributed by atoms with E-state index in [2.05, 4.69) is 5.32 Å². The fraction of sp³-hybridized carbons (Fsp3) is 0.333. The molecule has 2 atom stereocenters. The molecule has 0 aromatic heterocycles. The van der Waals surface area contributed by atoms with Gasteiger partial charge in [0.1, 0.15) is 12.2 Å². The van der Waals surface area contributed by atoms with Gasteiger partial charge in [-0.1, -0.05) is 24.3 Å². The third-order valence-electron chi connectivity index (χ3n) is 5.73. The van der Waals surface area contributed by atoms with Crippen molar-refractivity contribution >= 4 is 35.4 Å². The fourth-order valence-corrected chi connectivity index (χ4v) is 3.95. The molecule has 0 bridgehead atoms. The van der Waals surface area contributed by atoms with E-state index in [1.54, 1.807) is 0 Å². The monoisotopic (exact) mass is 466 g/mol. The van der Waals surface area contributed by atoms with Crippen LogP contribution in [-0.2, 0) is 19.1 Å². The maximum absolute atomic E-state index is 12.2. The van der Waals surface area contributed by atoms with Crippen LogP contribution >= 0.6 is 0 Å². The highest BCUT2D eigenvalue weighted by Gasteiger charge is 2.33. The van der Waals surface area contributed by atoms with Crippen molar-refractivity contribution in [2.45, 2.75) is 32.0 Å². The van der Waals surface area contributed by atoms with Crippen LogP contribution in [0.5, 0.6) is 0 Å². The Kier molecular flexibility index (Phi) is 6.67. The summed E-state index contributed by atoms with van der Waals surface area (Å²) in [5, 5.41) is 2.66. The molecule has 2 aromatic carbocycles. The van der Waals surface area contributed by atoms with Gasteiger partial charge in [-0.3, -0.25) is 19.4 Å². The molecule has 2 fully saturated rings. The average molecular weight is 466 g/mol. The molecule has 2 saturated heterocycles. The van der Waals surface area contributed by atoms with Gasteiger partial charge in [-0.05, 0) is 41.8 Å². The van der Waals surface area contributed by atoms with E-state index in [4.69, 9.17) is 15.2 Å². The number of ether oxygens (including phenoxy) is 2. The van der Waals surface area contributed by atoms with E-state index in [0.29, 0.717) is 30.9 Å². The van der Waals surface area contributed by atoms with Crippen LogP contribution in [-0.4, -0.2) is 55.8 Å². The van der Waals surface area contributed by atoms with Crippen molar-refractivity contribution < 1.29 is 28.7 Å². The highest BCUT2D eigenvalue weighted by molar-refractivity contribution is 5.91. The molecule has 4 amide bonds. The summed E-state index contributed by atoms with van der Waals surface area (Å²) in [5.41, 5.74) is 8.47. The van der Waals surface area contributed by atoms with Crippen molar-refractivity contribution in [1.82, 2.24) is 5.32 Å². The molecule has 0 saturated carbocycles. The fourth-order valence-electron chi connectivity index (χ4n) is 3.95. The number of carbonyl (C=O) groups is 4. The summed E-state index contributed by atoms with van der Waals surface area (Å²) in [6.07, 6.45) is -1.06. The average Bonchev–Trinajstić information content (AvgIpc) is 3.38. The lowest BCUT2D eigenvalue weighted by Gasteiger charge is -2.15. The summed E-state index contributed by atoms with van der Waals surface area (Å²) in [6, 6.07) is 15.0. The number of rotatable bonds is 8. The predicted molar refractivity (Wildman–Crippen MR) is 124 cm³/mol. The summed E-state index contributed by atoms with van der Waals surface area (Å²) < 4.78 is 10.6. The normalized spacial score (nSPS) is 19.7. The quantitative estimate of drug-likeness (QED) is 0.614. The van der Waals surface area contributed by atoms with Gasteiger partial charge in [0, 0.05) is 24.7 Å². The topological polar surface area (TPSA) is 131 Å². The third kappa shape index (κ3) is 5.28. The van der Waals surface area contributed by atoms with Gasteiger partial charge in [-0.2, -0.15) is 0 Å². The molecule has 2 heterocycles. The van der Waals surface area contributed by atoms with E-state index in [0.717, 1.165) is 11.1 Å². The van der Waals surface area contributed by atoms with Crippen LogP contribution < -0.4 is 20.9 Å². The summed E-state index contributed by atoms with van der Waals surface area (Å²) in [7, 11) is 0. The Bertz CT molecular complexity index is 998. The Hall–Kier alpha value is -4.08. The summed E-state index contributed by atoms with van der Waals surface area (Å²) in [4.78, 5) is 49.5. The molecule has 2 unspecified atom stereocenters. The lowest BCUT2D eigenvalue weighted by atomic mass is 10.0. The highest BCUT2D eigenvalue weighted by Crippen LogP contribution is 2.29. The van der Waals surface area contributed by atoms with Gasteiger partial charge in [-0.15, -0.1) is 0 Å². The van der Waals surface area contributed by atoms with Crippen LogP contribution in [0.2, 0.25) is 0 Å². The van der Waals surface area contributed by atoms with Gasteiger partial charge >= 0.3 is 12.2 Å². The lowest BCUT2D eigenvalue weighted by Crippen LogP contribution is -2.33. The van der Waals surface area contributed by atoms with Crippen LogP contribution in [0.25, 0.3) is 11.1 Å². The molecule has 4 rings (SSSR count). The third-order valence-corrected chi connectivity index (χ3v) is 5.73. The smallest absolute Gasteiger partial charge is 0.414 e. The molecule has 34 heavy (non-hydrogen) atoms.